The number of hydrogen-bond acceptors (Lipinski definition) is 4. The predicted molar refractivity (Wildman–Crippen MR) is 52.9 cm³/mol. The molecule has 0 unspecified atom stereocenters. The summed E-state index contributed by atoms with van der Waals surface area (Å²) in [7, 11) is 1.74. The second-order valence-electron chi connectivity index (χ2n) is 2.45. The normalized spacial score (nSPS) is 9.75. The minimum Gasteiger partial charge on any atom is -0.393 e. The van der Waals surface area contributed by atoms with Gasteiger partial charge < -0.3 is 5.73 Å². The maximum Gasteiger partial charge on any atom is 0.291 e. The van der Waals surface area contributed by atoms with Crippen LogP contribution >= 0.6 is 12.6 Å². The van der Waals surface area contributed by atoms with Crippen molar-refractivity contribution in [2.24, 2.45) is 0 Å². The number of hydrogen-bond donors (Lipinski definition) is 2. The Bertz CT molecular complexity index is 343. The summed E-state index contributed by atoms with van der Waals surface area (Å²) in [6.45, 7) is 0. The first-order valence-electron chi connectivity index (χ1n) is 3.26. The molecular formula is C6H7BN2O2S. The van der Waals surface area contributed by atoms with Crippen molar-refractivity contribution in [3.8, 4) is 0 Å². The molecule has 1 aromatic rings. The molecule has 0 aromatic heterocycles. The summed E-state index contributed by atoms with van der Waals surface area (Å²) in [4.78, 5) is 10.5. The second kappa shape index (κ2) is 3.06. The van der Waals surface area contributed by atoms with Gasteiger partial charge in [0.2, 0.25) is 0 Å². The van der Waals surface area contributed by atoms with E-state index in [9.17, 15) is 10.1 Å². The van der Waals surface area contributed by atoms with Gasteiger partial charge in [-0.15, -0.1) is 12.6 Å². The van der Waals surface area contributed by atoms with Crippen molar-refractivity contribution in [2.45, 2.75) is 4.90 Å². The van der Waals surface area contributed by atoms with E-state index >= 15 is 0 Å². The highest BCUT2D eigenvalue weighted by Gasteiger charge is 2.12. The van der Waals surface area contributed by atoms with Crippen LogP contribution in [-0.4, -0.2) is 12.8 Å². The van der Waals surface area contributed by atoms with E-state index in [1.807, 2.05) is 0 Å². The van der Waals surface area contributed by atoms with Gasteiger partial charge in [0.15, 0.2) is 0 Å². The lowest BCUT2D eigenvalue weighted by Gasteiger charge is -2.01. The molecule has 0 aliphatic heterocycles. The number of nitro groups is 1. The lowest BCUT2D eigenvalue weighted by Crippen LogP contribution is -2.08. The Labute approximate surface area is 75.7 Å². The Morgan fingerprint density at radius 3 is 2.67 bits per heavy atom. The van der Waals surface area contributed by atoms with Gasteiger partial charge in [0.05, 0.1) is 4.92 Å². The molecule has 62 valence electrons. The molecule has 0 fully saturated rings. The SMILES string of the molecule is Bc1cc([N+](=O)[O-])c(N)cc1S. The predicted octanol–water partition coefficient (Wildman–Crippen LogP) is -0.276. The van der Waals surface area contributed by atoms with Crippen LogP contribution in [0.4, 0.5) is 11.4 Å². The van der Waals surface area contributed by atoms with Crippen LogP contribution in [0.2, 0.25) is 0 Å². The highest BCUT2D eigenvalue weighted by Crippen LogP contribution is 2.21. The minimum absolute atomic E-state index is 0.0645. The van der Waals surface area contributed by atoms with Gasteiger partial charge in [-0.2, -0.15) is 0 Å². The highest BCUT2D eigenvalue weighted by atomic mass is 32.1. The van der Waals surface area contributed by atoms with Crippen molar-refractivity contribution < 1.29 is 4.92 Å². The zero-order valence-electron chi connectivity index (χ0n) is 6.44. The van der Waals surface area contributed by atoms with Gasteiger partial charge in [-0.25, -0.2) is 0 Å². The van der Waals surface area contributed by atoms with Crippen molar-refractivity contribution >= 4 is 37.3 Å². The van der Waals surface area contributed by atoms with Gasteiger partial charge in [0.25, 0.3) is 5.69 Å². The molecule has 6 heteroatoms. The first-order valence-corrected chi connectivity index (χ1v) is 3.70. The first kappa shape index (κ1) is 8.93. The average molecular weight is 182 g/mol. The molecule has 0 saturated carbocycles. The highest BCUT2D eigenvalue weighted by molar-refractivity contribution is 7.80. The zero-order chi connectivity index (χ0) is 9.30. The van der Waals surface area contributed by atoms with E-state index in [2.05, 4.69) is 12.6 Å². The summed E-state index contributed by atoms with van der Waals surface area (Å²) in [5.74, 6) is 0. The molecule has 1 aromatic carbocycles. The largest absolute Gasteiger partial charge is 0.393 e. The molecule has 0 aliphatic carbocycles. The monoisotopic (exact) mass is 182 g/mol. The van der Waals surface area contributed by atoms with E-state index in [1.54, 1.807) is 7.85 Å². The second-order valence-corrected chi connectivity index (χ2v) is 2.94. The van der Waals surface area contributed by atoms with Gasteiger partial charge in [-0.1, -0.05) is 5.46 Å². The van der Waals surface area contributed by atoms with Crippen LogP contribution in [0.15, 0.2) is 17.0 Å². The topological polar surface area (TPSA) is 69.2 Å². The van der Waals surface area contributed by atoms with Crippen LogP contribution in [-0.2, 0) is 0 Å². The van der Waals surface area contributed by atoms with Crippen LogP contribution < -0.4 is 11.2 Å². The summed E-state index contributed by atoms with van der Waals surface area (Å²) in [6.07, 6.45) is 0. The molecule has 0 spiro atoms. The van der Waals surface area contributed by atoms with E-state index in [4.69, 9.17) is 5.73 Å². The maximum atomic E-state index is 10.4. The summed E-state index contributed by atoms with van der Waals surface area (Å²) in [6, 6.07) is 2.90. The van der Waals surface area contributed by atoms with Crippen LogP contribution in [0, 0.1) is 10.1 Å². The summed E-state index contributed by atoms with van der Waals surface area (Å²) < 4.78 is 0. The van der Waals surface area contributed by atoms with Gasteiger partial charge in [-0.3, -0.25) is 10.1 Å². The van der Waals surface area contributed by atoms with Crippen molar-refractivity contribution in [1.29, 1.82) is 0 Å². The maximum absolute atomic E-state index is 10.4. The number of nitrogens with zero attached hydrogens (tertiary/aromatic N) is 1. The molecule has 1 rings (SSSR count). The fraction of sp³-hybridized carbons (Fsp3) is 0. The quantitative estimate of drug-likeness (QED) is 0.206. The van der Waals surface area contributed by atoms with Crippen molar-refractivity contribution in [3.05, 3.63) is 22.2 Å². The summed E-state index contributed by atoms with van der Waals surface area (Å²) in [5.41, 5.74) is 6.23. The van der Waals surface area contributed by atoms with Crippen LogP contribution in [0.25, 0.3) is 0 Å². The van der Waals surface area contributed by atoms with Gasteiger partial charge in [-0.05, 0) is 6.07 Å². The molecule has 0 heterocycles. The molecule has 0 amide bonds. The summed E-state index contributed by atoms with van der Waals surface area (Å²) >= 11 is 4.08. The van der Waals surface area contributed by atoms with Crippen molar-refractivity contribution in [3.63, 3.8) is 0 Å². The average Bonchev–Trinajstić information content (AvgIpc) is 1.96. The Kier molecular flexibility index (Phi) is 2.28. The van der Waals surface area contributed by atoms with Crippen LogP contribution in [0.1, 0.15) is 0 Å². The Morgan fingerprint density at radius 1 is 1.58 bits per heavy atom. The van der Waals surface area contributed by atoms with E-state index in [0.29, 0.717) is 4.90 Å². The van der Waals surface area contributed by atoms with Crippen LogP contribution in [0.5, 0.6) is 0 Å². The fourth-order valence-electron chi connectivity index (χ4n) is 0.856. The van der Waals surface area contributed by atoms with Crippen LogP contribution in [0.3, 0.4) is 0 Å². The lowest BCUT2D eigenvalue weighted by atomic mass is 9.95. The van der Waals surface area contributed by atoms with E-state index < -0.39 is 4.92 Å². The smallest absolute Gasteiger partial charge is 0.291 e. The minimum atomic E-state index is -0.504. The van der Waals surface area contributed by atoms with Crippen molar-refractivity contribution in [2.75, 3.05) is 5.73 Å². The van der Waals surface area contributed by atoms with E-state index in [0.717, 1.165) is 5.46 Å². The third kappa shape index (κ3) is 1.53. The molecule has 4 nitrogen and oxygen atoms in total. The van der Waals surface area contributed by atoms with Crippen molar-refractivity contribution in [1.82, 2.24) is 0 Å². The van der Waals surface area contributed by atoms with E-state index in [1.165, 1.54) is 12.1 Å². The number of thiol groups is 1. The number of nitro benzene ring substituents is 1. The van der Waals surface area contributed by atoms with E-state index in [-0.39, 0.29) is 11.4 Å². The zero-order valence-corrected chi connectivity index (χ0v) is 7.34. The Morgan fingerprint density at radius 2 is 2.17 bits per heavy atom. The molecule has 0 atom stereocenters. The molecule has 2 N–H and O–H groups in total. The first-order chi connectivity index (χ1) is 5.52. The molecule has 0 saturated heterocycles. The Balaban J connectivity index is 3.33. The number of nitrogens with two attached hydrogens (primary N) is 1. The molecule has 0 bridgehead atoms. The molecule has 0 aliphatic rings. The van der Waals surface area contributed by atoms with Gasteiger partial charge >= 0.3 is 0 Å². The number of benzene rings is 1. The molecular weight excluding hydrogens is 175 g/mol. The fourth-order valence-corrected chi connectivity index (χ4v) is 1.06. The Hall–Kier alpha value is -1.17. The summed E-state index contributed by atoms with van der Waals surface area (Å²) in [5, 5.41) is 10.4. The third-order valence-electron chi connectivity index (χ3n) is 1.54. The number of rotatable bonds is 1. The standard InChI is InChI=1S/C6H7BN2O2S/c7-3-1-5(9(10)11)4(8)2-6(3)12/h1-2,12H,7-8H2. The van der Waals surface area contributed by atoms with Gasteiger partial charge in [0.1, 0.15) is 13.5 Å². The van der Waals surface area contributed by atoms with Gasteiger partial charge in [0, 0.05) is 11.0 Å². The number of nitrogen functional groups attached to an aromatic ring is 1. The molecule has 12 heavy (non-hydrogen) atoms. The number of anilines is 1. The third-order valence-corrected chi connectivity index (χ3v) is 2.02. The lowest BCUT2D eigenvalue weighted by molar-refractivity contribution is -0.383. The molecule has 0 radical (unpaired) electrons.